The van der Waals surface area contributed by atoms with E-state index in [1.54, 1.807) is 4.68 Å². The first-order chi connectivity index (χ1) is 6.77. The Balaban J connectivity index is 2.03. The zero-order chi connectivity index (χ0) is 9.97. The van der Waals surface area contributed by atoms with E-state index in [0.29, 0.717) is 5.92 Å². The van der Waals surface area contributed by atoms with E-state index in [1.165, 1.54) is 0 Å². The smallest absolute Gasteiger partial charge is 0.0537 e. The van der Waals surface area contributed by atoms with E-state index in [1.807, 2.05) is 19.4 Å². The van der Waals surface area contributed by atoms with Crippen molar-refractivity contribution in [2.45, 2.75) is 18.9 Å². The molecule has 2 unspecified atom stereocenters. The van der Waals surface area contributed by atoms with Gasteiger partial charge in [-0.1, -0.05) is 0 Å². The van der Waals surface area contributed by atoms with Crippen molar-refractivity contribution in [3.05, 3.63) is 18.0 Å². The number of hydrogen-bond donors (Lipinski definition) is 1. The molecule has 0 amide bonds. The van der Waals surface area contributed by atoms with Crippen molar-refractivity contribution >= 4 is 0 Å². The van der Waals surface area contributed by atoms with Gasteiger partial charge in [-0.25, -0.2) is 0 Å². The van der Waals surface area contributed by atoms with Crippen molar-refractivity contribution < 1.29 is 4.74 Å². The first-order valence-corrected chi connectivity index (χ1v) is 5.09. The van der Waals surface area contributed by atoms with Crippen molar-refractivity contribution in [3.8, 4) is 0 Å². The lowest BCUT2D eigenvalue weighted by Crippen LogP contribution is -2.28. The maximum Gasteiger partial charge on any atom is 0.0537 e. The normalized spacial score (nSPS) is 24.9. The van der Waals surface area contributed by atoms with Gasteiger partial charge in [0.15, 0.2) is 0 Å². The topological polar surface area (TPSA) is 53.1 Å². The van der Waals surface area contributed by atoms with E-state index >= 15 is 0 Å². The molecule has 0 saturated carbocycles. The highest BCUT2D eigenvalue weighted by Crippen LogP contribution is 2.26. The fraction of sp³-hybridized carbons (Fsp3) is 0.700. The van der Waals surface area contributed by atoms with E-state index in [9.17, 15) is 0 Å². The lowest BCUT2D eigenvalue weighted by Gasteiger charge is -2.26. The molecule has 1 aromatic rings. The SMILES string of the molecule is Cn1cc(C(N)C2CCCOC2)cn1. The summed E-state index contributed by atoms with van der Waals surface area (Å²) in [6.07, 6.45) is 6.12. The van der Waals surface area contributed by atoms with Crippen molar-refractivity contribution in [2.75, 3.05) is 13.2 Å². The Morgan fingerprint density at radius 1 is 1.71 bits per heavy atom. The predicted octanol–water partition coefficient (Wildman–Crippen LogP) is 0.846. The van der Waals surface area contributed by atoms with Gasteiger partial charge in [-0.3, -0.25) is 4.68 Å². The van der Waals surface area contributed by atoms with Crippen LogP contribution in [0.1, 0.15) is 24.4 Å². The molecular formula is C10H17N3O. The van der Waals surface area contributed by atoms with Crippen molar-refractivity contribution in [2.24, 2.45) is 18.7 Å². The number of rotatable bonds is 2. The zero-order valence-corrected chi connectivity index (χ0v) is 8.52. The molecule has 0 radical (unpaired) electrons. The zero-order valence-electron chi connectivity index (χ0n) is 8.52. The summed E-state index contributed by atoms with van der Waals surface area (Å²) < 4.78 is 7.21. The molecule has 1 saturated heterocycles. The second-order valence-electron chi connectivity index (χ2n) is 3.95. The first-order valence-electron chi connectivity index (χ1n) is 5.09. The maximum atomic E-state index is 6.15. The van der Waals surface area contributed by atoms with Crippen molar-refractivity contribution in [1.29, 1.82) is 0 Å². The van der Waals surface area contributed by atoms with E-state index in [2.05, 4.69) is 5.10 Å². The predicted molar refractivity (Wildman–Crippen MR) is 53.7 cm³/mol. The van der Waals surface area contributed by atoms with Gasteiger partial charge in [-0.15, -0.1) is 0 Å². The molecule has 78 valence electrons. The summed E-state index contributed by atoms with van der Waals surface area (Å²) in [5.41, 5.74) is 7.26. The Kier molecular flexibility index (Phi) is 2.84. The molecule has 2 N–H and O–H groups in total. The lowest BCUT2D eigenvalue weighted by molar-refractivity contribution is 0.0447. The second kappa shape index (κ2) is 4.11. The average Bonchev–Trinajstić information content (AvgIpc) is 2.65. The minimum atomic E-state index is 0.0731. The molecule has 0 aromatic carbocycles. The van der Waals surface area contributed by atoms with Crippen LogP contribution in [-0.4, -0.2) is 23.0 Å². The Hall–Kier alpha value is -0.870. The largest absolute Gasteiger partial charge is 0.381 e. The number of nitrogens with two attached hydrogens (primary N) is 1. The molecule has 0 bridgehead atoms. The van der Waals surface area contributed by atoms with E-state index < -0.39 is 0 Å². The molecule has 4 heteroatoms. The van der Waals surface area contributed by atoms with Gasteiger partial charge in [0.05, 0.1) is 12.8 Å². The van der Waals surface area contributed by atoms with E-state index in [0.717, 1.165) is 31.6 Å². The van der Waals surface area contributed by atoms with Crippen LogP contribution in [0, 0.1) is 5.92 Å². The van der Waals surface area contributed by atoms with Crippen LogP contribution in [0.25, 0.3) is 0 Å². The Bertz CT molecular complexity index is 291. The molecule has 1 aliphatic heterocycles. The van der Waals surface area contributed by atoms with E-state index in [4.69, 9.17) is 10.5 Å². The van der Waals surface area contributed by atoms with Crippen LogP contribution in [0.15, 0.2) is 12.4 Å². The number of ether oxygens (including phenoxy) is 1. The van der Waals surface area contributed by atoms with Crippen LogP contribution in [0.5, 0.6) is 0 Å². The average molecular weight is 195 g/mol. The quantitative estimate of drug-likeness (QED) is 0.761. The maximum absolute atomic E-state index is 6.15. The third kappa shape index (κ3) is 1.96. The molecule has 2 atom stereocenters. The van der Waals surface area contributed by atoms with Gasteiger partial charge in [0.2, 0.25) is 0 Å². The molecule has 4 nitrogen and oxygen atoms in total. The molecule has 1 aliphatic rings. The van der Waals surface area contributed by atoms with Gasteiger partial charge < -0.3 is 10.5 Å². The number of aryl methyl sites for hydroxylation is 1. The second-order valence-corrected chi connectivity index (χ2v) is 3.95. The number of aromatic nitrogens is 2. The van der Waals surface area contributed by atoms with Crippen molar-refractivity contribution in [3.63, 3.8) is 0 Å². The highest BCUT2D eigenvalue weighted by molar-refractivity contribution is 5.11. The van der Waals surface area contributed by atoms with Gasteiger partial charge in [-0.05, 0) is 12.8 Å². The molecule has 0 spiro atoms. The van der Waals surface area contributed by atoms with Crippen LogP contribution >= 0.6 is 0 Å². The molecule has 1 fully saturated rings. The summed E-state index contributed by atoms with van der Waals surface area (Å²) in [6.45, 7) is 1.67. The Morgan fingerprint density at radius 2 is 2.57 bits per heavy atom. The van der Waals surface area contributed by atoms with Crippen LogP contribution in [0.2, 0.25) is 0 Å². The van der Waals surface area contributed by atoms with Crippen LogP contribution in [-0.2, 0) is 11.8 Å². The molecule has 2 rings (SSSR count). The van der Waals surface area contributed by atoms with Gasteiger partial charge in [0.1, 0.15) is 0 Å². The molecule has 0 aliphatic carbocycles. The minimum Gasteiger partial charge on any atom is -0.381 e. The summed E-state index contributed by atoms with van der Waals surface area (Å²) in [4.78, 5) is 0. The highest BCUT2D eigenvalue weighted by atomic mass is 16.5. The third-order valence-electron chi connectivity index (χ3n) is 2.81. The summed E-state index contributed by atoms with van der Waals surface area (Å²) in [6, 6.07) is 0.0731. The summed E-state index contributed by atoms with van der Waals surface area (Å²) >= 11 is 0. The molecular weight excluding hydrogens is 178 g/mol. The number of nitrogens with zero attached hydrogens (tertiary/aromatic N) is 2. The van der Waals surface area contributed by atoms with Gasteiger partial charge in [-0.2, -0.15) is 5.10 Å². The van der Waals surface area contributed by atoms with Gasteiger partial charge >= 0.3 is 0 Å². The Labute approximate surface area is 84.0 Å². The monoisotopic (exact) mass is 195 g/mol. The third-order valence-corrected chi connectivity index (χ3v) is 2.81. The van der Waals surface area contributed by atoms with Gasteiger partial charge in [0, 0.05) is 37.4 Å². The van der Waals surface area contributed by atoms with Crippen LogP contribution in [0.3, 0.4) is 0 Å². The summed E-state index contributed by atoms with van der Waals surface area (Å²) in [5.74, 6) is 0.452. The van der Waals surface area contributed by atoms with Gasteiger partial charge in [0.25, 0.3) is 0 Å². The van der Waals surface area contributed by atoms with Crippen LogP contribution in [0.4, 0.5) is 0 Å². The number of hydrogen-bond acceptors (Lipinski definition) is 3. The van der Waals surface area contributed by atoms with Crippen molar-refractivity contribution in [1.82, 2.24) is 9.78 Å². The van der Waals surface area contributed by atoms with Crippen LogP contribution < -0.4 is 5.73 Å². The summed E-state index contributed by atoms with van der Waals surface area (Å²) in [7, 11) is 1.91. The molecule has 1 aromatic heterocycles. The lowest BCUT2D eigenvalue weighted by atomic mass is 9.91. The molecule has 2 heterocycles. The minimum absolute atomic E-state index is 0.0731. The fourth-order valence-electron chi connectivity index (χ4n) is 1.93. The fourth-order valence-corrected chi connectivity index (χ4v) is 1.93. The van der Waals surface area contributed by atoms with E-state index in [-0.39, 0.29) is 6.04 Å². The highest BCUT2D eigenvalue weighted by Gasteiger charge is 2.23. The standard InChI is InChI=1S/C10H17N3O/c1-13-6-9(5-12-13)10(11)8-3-2-4-14-7-8/h5-6,8,10H,2-4,7,11H2,1H3. The Morgan fingerprint density at radius 3 is 3.14 bits per heavy atom. The first kappa shape index (κ1) is 9.68. The molecule has 14 heavy (non-hydrogen) atoms. The summed E-state index contributed by atoms with van der Waals surface area (Å²) in [5, 5.41) is 4.13.